The molecule has 8 nitrogen and oxygen atoms in total. The normalized spacial score (nSPS) is 17.1. The van der Waals surface area contributed by atoms with Crippen LogP contribution >= 0.6 is 11.3 Å². The number of aromatic nitrogens is 2. The molecule has 14 heteroatoms. The van der Waals surface area contributed by atoms with Gasteiger partial charge >= 0.3 is 12.2 Å². The minimum Gasteiger partial charge on any atom is -0.467 e. The molecule has 1 aliphatic rings. The van der Waals surface area contributed by atoms with Gasteiger partial charge in [0.05, 0.1) is 29.0 Å². The van der Waals surface area contributed by atoms with Gasteiger partial charge in [-0.05, 0) is 37.1 Å². The van der Waals surface area contributed by atoms with Crippen molar-refractivity contribution in [3.63, 3.8) is 0 Å². The highest BCUT2D eigenvalue weighted by atomic mass is 32.1. The number of rotatable bonds is 5. The van der Waals surface area contributed by atoms with Gasteiger partial charge in [-0.1, -0.05) is 12.6 Å². The molecule has 1 amide bonds. The maximum atomic E-state index is 16.5. The van der Waals surface area contributed by atoms with Crippen molar-refractivity contribution in [3.05, 3.63) is 53.6 Å². The molecule has 1 saturated heterocycles. The van der Waals surface area contributed by atoms with Crippen LogP contribution in [-0.4, -0.2) is 53.6 Å². The first-order valence-corrected chi connectivity index (χ1v) is 13.4. The van der Waals surface area contributed by atoms with Crippen LogP contribution in [0.1, 0.15) is 24.5 Å². The average Bonchev–Trinajstić information content (AvgIpc) is 3.51. The number of halogens is 5. The number of methoxy groups -OCH3 is 1. The number of alkyl halides is 3. The molecule has 2 N–H and O–H groups in total. The number of nitriles is 1. The molecule has 0 radical (unpaired) electrons. The Morgan fingerprint density at radius 2 is 2.05 bits per heavy atom. The van der Waals surface area contributed by atoms with Gasteiger partial charge in [-0.25, -0.2) is 8.78 Å². The monoisotopic (exact) mass is 602 g/mol. The molecule has 0 saturated carbocycles. The van der Waals surface area contributed by atoms with Crippen LogP contribution < -0.4 is 15.4 Å². The molecule has 4 aromatic rings. The van der Waals surface area contributed by atoms with Crippen molar-refractivity contribution in [3.8, 4) is 23.2 Å². The summed E-state index contributed by atoms with van der Waals surface area (Å²) in [5, 5.41) is 9.07. The molecule has 0 spiro atoms. The summed E-state index contributed by atoms with van der Waals surface area (Å²) in [5.41, 5.74) is 2.48. The van der Waals surface area contributed by atoms with Gasteiger partial charge in [-0.15, -0.1) is 11.3 Å². The van der Waals surface area contributed by atoms with E-state index < -0.39 is 40.5 Å². The lowest BCUT2D eigenvalue weighted by Crippen LogP contribution is -2.43. The number of likely N-dealkylation sites (tertiary alicyclic amines) is 1. The van der Waals surface area contributed by atoms with Crippen LogP contribution in [-0.2, 0) is 11.0 Å². The standard InChI is InChI=1S/C28H23F5N6O2S/c1-5-19(40)39-9-8-18(12(39)2)38(3)26-14-10-16(28(31,32)33)21(22(30)23(14)36-27(37-26)41-4)13-6-7-17(29)24-20(13)15(11-34)25(35)42-24/h5-7,10,12,18H,1,8-9,35H2,2-4H3/t12-,18-/m1/s1. The molecule has 2 aromatic heterocycles. The Morgan fingerprint density at radius 1 is 1.33 bits per heavy atom. The summed E-state index contributed by atoms with van der Waals surface area (Å²) in [6, 6.07) is 3.35. The highest BCUT2D eigenvalue weighted by Crippen LogP contribution is 2.48. The van der Waals surface area contributed by atoms with Gasteiger partial charge in [0, 0.05) is 36.0 Å². The first-order valence-electron chi connectivity index (χ1n) is 12.6. The zero-order chi connectivity index (χ0) is 30.7. The number of hydrogen-bond donors (Lipinski definition) is 1. The number of nitrogens with zero attached hydrogens (tertiary/aromatic N) is 5. The minimum absolute atomic E-state index is 0.0423. The molecule has 0 bridgehead atoms. The number of thiophene rings is 1. The maximum Gasteiger partial charge on any atom is 0.417 e. The molecule has 2 atom stereocenters. The Bertz CT molecular complexity index is 1820. The number of nitrogens with two attached hydrogens (primary N) is 1. The van der Waals surface area contributed by atoms with Gasteiger partial charge < -0.3 is 20.3 Å². The highest BCUT2D eigenvalue weighted by Gasteiger charge is 2.40. The fourth-order valence-electron chi connectivity index (χ4n) is 5.57. The van der Waals surface area contributed by atoms with Crippen molar-refractivity contribution in [2.24, 2.45) is 0 Å². The van der Waals surface area contributed by atoms with Gasteiger partial charge in [-0.3, -0.25) is 4.79 Å². The van der Waals surface area contributed by atoms with E-state index in [-0.39, 0.29) is 55.4 Å². The van der Waals surface area contributed by atoms with E-state index in [1.165, 1.54) is 13.2 Å². The molecule has 42 heavy (non-hydrogen) atoms. The summed E-state index contributed by atoms with van der Waals surface area (Å²) in [4.78, 5) is 23.8. The largest absolute Gasteiger partial charge is 0.467 e. The molecule has 3 heterocycles. The van der Waals surface area contributed by atoms with Gasteiger partial charge in [0.25, 0.3) is 0 Å². The number of fused-ring (bicyclic) bond motifs is 2. The Morgan fingerprint density at radius 3 is 2.67 bits per heavy atom. The second-order valence-electron chi connectivity index (χ2n) is 9.74. The lowest BCUT2D eigenvalue weighted by Gasteiger charge is -2.32. The lowest BCUT2D eigenvalue weighted by molar-refractivity contribution is -0.137. The number of hydrogen-bond acceptors (Lipinski definition) is 8. The molecule has 5 rings (SSSR count). The number of likely N-dealkylation sites (N-methyl/N-ethyl adjacent to an activating group) is 1. The number of amides is 1. The summed E-state index contributed by atoms with van der Waals surface area (Å²) >= 11 is 0.682. The van der Waals surface area contributed by atoms with E-state index in [1.807, 2.05) is 0 Å². The van der Waals surface area contributed by atoms with Gasteiger partial charge in [0.15, 0.2) is 5.82 Å². The SMILES string of the molecule is C=CC(=O)N1CC[C@@H](N(C)c2nc(OC)nc3c(F)c(-c4ccc(F)c5sc(N)c(C#N)c45)c(C(F)(F)F)cc23)[C@H]1C. The van der Waals surface area contributed by atoms with Crippen LogP contribution in [0, 0.1) is 23.0 Å². The van der Waals surface area contributed by atoms with E-state index in [1.54, 1.807) is 29.8 Å². The molecule has 1 fully saturated rings. The molecule has 2 aromatic carbocycles. The Hall–Kier alpha value is -4.51. The fourth-order valence-corrected chi connectivity index (χ4v) is 6.52. The summed E-state index contributed by atoms with van der Waals surface area (Å²) in [7, 11) is 2.81. The molecular weight excluding hydrogens is 579 g/mol. The number of carbonyl (C=O) groups is 1. The smallest absolute Gasteiger partial charge is 0.417 e. The predicted molar refractivity (Wildman–Crippen MR) is 149 cm³/mol. The predicted octanol–water partition coefficient (Wildman–Crippen LogP) is 5.88. The molecular formula is C28H23F5N6O2S. The lowest BCUT2D eigenvalue weighted by atomic mass is 9.92. The topological polar surface area (TPSA) is 108 Å². The molecule has 1 aliphatic heterocycles. The first-order chi connectivity index (χ1) is 19.8. The summed E-state index contributed by atoms with van der Waals surface area (Å²) in [6.45, 7) is 5.67. The third-order valence-electron chi connectivity index (χ3n) is 7.58. The van der Waals surface area contributed by atoms with Crippen LogP contribution in [0.25, 0.3) is 32.1 Å². The van der Waals surface area contributed by atoms with Crippen LogP contribution in [0.15, 0.2) is 30.9 Å². The average molecular weight is 603 g/mol. The molecule has 218 valence electrons. The number of nitrogen functional groups attached to an aromatic ring is 1. The van der Waals surface area contributed by atoms with E-state index in [4.69, 9.17) is 10.5 Å². The van der Waals surface area contributed by atoms with Crippen molar-refractivity contribution in [2.75, 3.05) is 31.3 Å². The second-order valence-corrected chi connectivity index (χ2v) is 10.8. The Labute approximate surface area is 240 Å². The summed E-state index contributed by atoms with van der Waals surface area (Å²) in [5.74, 6) is -2.52. The molecule has 0 aliphatic carbocycles. The quantitative estimate of drug-likeness (QED) is 0.224. The Kier molecular flexibility index (Phi) is 7.18. The van der Waals surface area contributed by atoms with Crippen LogP contribution in [0.4, 0.5) is 32.8 Å². The second kappa shape index (κ2) is 10.4. The number of ether oxygens (including phenoxy) is 1. The fraction of sp³-hybridized carbons (Fsp3) is 0.286. The van der Waals surface area contributed by atoms with E-state index in [2.05, 4.69) is 16.5 Å². The first kappa shape index (κ1) is 29.0. The van der Waals surface area contributed by atoms with Crippen molar-refractivity contribution >= 4 is 49.1 Å². The van der Waals surface area contributed by atoms with E-state index in [0.29, 0.717) is 24.3 Å². The zero-order valence-electron chi connectivity index (χ0n) is 22.5. The van der Waals surface area contributed by atoms with Crippen molar-refractivity contribution < 1.29 is 31.5 Å². The number of benzene rings is 2. The van der Waals surface area contributed by atoms with Gasteiger partial charge in [-0.2, -0.15) is 28.4 Å². The van der Waals surface area contributed by atoms with E-state index in [0.717, 1.165) is 18.2 Å². The minimum atomic E-state index is -5.08. The number of anilines is 2. The van der Waals surface area contributed by atoms with Gasteiger partial charge in [0.1, 0.15) is 28.2 Å². The molecule has 0 unspecified atom stereocenters. The Balaban J connectivity index is 1.82. The van der Waals surface area contributed by atoms with Crippen LogP contribution in [0.5, 0.6) is 6.01 Å². The summed E-state index contributed by atoms with van der Waals surface area (Å²) < 4.78 is 80.2. The van der Waals surface area contributed by atoms with Crippen molar-refractivity contribution in [2.45, 2.75) is 31.6 Å². The van der Waals surface area contributed by atoms with Crippen molar-refractivity contribution in [1.29, 1.82) is 5.26 Å². The van der Waals surface area contributed by atoms with Crippen LogP contribution in [0.2, 0.25) is 0 Å². The highest BCUT2D eigenvalue weighted by molar-refractivity contribution is 7.23. The third-order valence-corrected chi connectivity index (χ3v) is 8.61. The summed E-state index contributed by atoms with van der Waals surface area (Å²) in [6.07, 6.45) is -3.44. The van der Waals surface area contributed by atoms with Gasteiger partial charge in [0.2, 0.25) is 5.91 Å². The van der Waals surface area contributed by atoms with Crippen molar-refractivity contribution in [1.82, 2.24) is 14.9 Å². The van der Waals surface area contributed by atoms with E-state index in [9.17, 15) is 27.6 Å². The maximum absolute atomic E-state index is 16.5. The number of carbonyl (C=O) groups excluding carboxylic acids is 1. The van der Waals surface area contributed by atoms with E-state index >= 15 is 4.39 Å². The van der Waals surface area contributed by atoms with Crippen LogP contribution in [0.3, 0.4) is 0 Å². The zero-order valence-corrected chi connectivity index (χ0v) is 23.3. The third kappa shape index (κ3) is 4.44.